The van der Waals surface area contributed by atoms with Gasteiger partial charge in [0.05, 0.1) is 12.0 Å². The molecule has 0 radical (unpaired) electrons. The lowest BCUT2D eigenvalue weighted by molar-refractivity contribution is -0.148. The minimum absolute atomic E-state index is 0.215. The van der Waals surface area contributed by atoms with Gasteiger partial charge >= 0.3 is 5.97 Å². The van der Waals surface area contributed by atoms with Gasteiger partial charge in [-0.15, -0.1) is 0 Å². The topological polar surface area (TPSA) is 84.5 Å². The highest BCUT2D eigenvalue weighted by molar-refractivity contribution is 6.36. The molecule has 0 saturated heterocycles. The summed E-state index contributed by atoms with van der Waals surface area (Å²) in [7, 11) is 0. The molecule has 0 aliphatic carbocycles. The highest BCUT2D eigenvalue weighted by Crippen LogP contribution is 2.24. The van der Waals surface area contributed by atoms with Crippen LogP contribution in [-0.4, -0.2) is 24.4 Å². The third-order valence-electron chi connectivity index (χ3n) is 3.18. The van der Waals surface area contributed by atoms with Crippen LogP contribution in [0.3, 0.4) is 0 Å². The predicted octanol–water partition coefficient (Wildman–Crippen LogP) is 2.68. The summed E-state index contributed by atoms with van der Waals surface area (Å²) in [5, 5.41) is 0.604. The fraction of sp³-hybridized carbons (Fsp3) is 0.118. The standard InChI is InChI=1S/C17H13Cl2FN2O4/c18-12-5-3-6-13(19)11(12)8-16(24)26-9-15(23)21-22-17(25)10-4-1-2-7-14(10)20/h1-7H,8-9H2,(H,21,23)(H,22,25). The molecule has 2 N–H and O–H groups in total. The molecule has 0 saturated carbocycles. The van der Waals surface area contributed by atoms with E-state index < -0.39 is 30.2 Å². The third kappa shape index (κ3) is 5.44. The summed E-state index contributed by atoms with van der Waals surface area (Å²) in [4.78, 5) is 35.1. The van der Waals surface area contributed by atoms with Crippen LogP contribution < -0.4 is 10.9 Å². The Labute approximate surface area is 158 Å². The SMILES string of the molecule is O=C(COC(=O)Cc1c(Cl)cccc1Cl)NNC(=O)c1ccccc1F. The Morgan fingerprint density at radius 3 is 2.27 bits per heavy atom. The number of nitrogens with one attached hydrogen (secondary N) is 2. The van der Waals surface area contributed by atoms with Crippen molar-refractivity contribution in [1.29, 1.82) is 0 Å². The quantitative estimate of drug-likeness (QED) is 0.598. The molecule has 2 aromatic rings. The maximum absolute atomic E-state index is 13.4. The van der Waals surface area contributed by atoms with E-state index >= 15 is 0 Å². The first kappa shape index (κ1) is 19.7. The van der Waals surface area contributed by atoms with E-state index in [2.05, 4.69) is 0 Å². The van der Waals surface area contributed by atoms with Crippen LogP contribution in [0.25, 0.3) is 0 Å². The number of carbonyl (C=O) groups is 3. The van der Waals surface area contributed by atoms with Gasteiger partial charge in [0, 0.05) is 15.6 Å². The van der Waals surface area contributed by atoms with E-state index in [1.807, 2.05) is 10.9 Å². The second kappa shape index (κ2) is 9.17. The molecule has 2 amide bonds. The molecule has 0 aromatic heterocycles. The van der Waals surface area contributed by atoms with Gasteiger partial charge in [-0.05, 0) is 24.3 Å². The Bertz CT molecular complexity index is 825. The number of halogens is 3. The highest BCUT2D eigenvalue weighted by atomic mass is 35.5. The first-order valence-electron chi connectivity index (χ1n) is 7.30. The Balaban J connectivity index is 1.79. The minimum atomic E-state index is -0.842. The summed E-state index contributed by atoms with van der Waals surface area (Å²) in [6, 6.07) is 10.0. The fourth-order valence-corrected chi connectivity index (χ4v) is 2.45. The fourth-order valence-electron chi connectivity index (χ4n) is 1.92. The molecule has 6 nitrogen and oxygen atoms in total. The first-order chi connectivity index (χ1) is 12.4. The van der Waals surface area contributed by atoms with E-state index in [1.165, 1.54) is 18.2 Å². The van der Waals surface area contributed by atoms with E-state index in [-0.39, 0.29) is 12.0 Å². The lowest BCUT2D eigenvalue weighted by Gasteiger charge is -2.09. The molecule has 9 heteroatoms. The van der Waals surface area contributed by atoms with Crippen molar-refractivity contribution in [1.82, 2.24) is 10.9 Å². The molecule has 0 aliphatic heterocycles. The van der Waals surface area contributed by atoms with Crippen molar-refractivity contribution in [3.05, 3.63) is 69.5 Å². The number of rotatable bonds is 5. The number of esters is 1. The summed E-state index contributed by atoms with van der Waals surface area (Å²) >= 11 is 11.9. The second-order valence-corrected chi connectivity index (χ2v) is 5.83. The molecular weight excluding hydrogens is 386 g/mol. The molecule has 0 spiro atoms. The van der Waals surface area contributed by atoms with Crippen molar-refractivity contribution in [2.45, 2.75) is 6.42 Å². The van der Waals surface area contributed by atoms with Crippen molar-refractivity contribution in [3.8, 4) is 0 Å². The van der Waals surface area contributed by atoms with Crippen molar-refractivity contribution < 1.29 is 23.5 Å². The van der Waals surface area contributed by atoms with E-state index in [0.717, 1.165) is 6.07 Å². The molecule has 0 atom stereocenters. The van der Waals surface area contributed by atoms with Gasteiger partial charge in [-0.3, -0.25) is 25.2 Å². The van der Waals surface area contributed by atoms with Crippen LogP contribution in [-0.2, 0) is 20.7 Å². The number of hydrogen-bond acceptors (Lipinski definition) is 4. The van der Waals surface area contributed by atoms with Crippen LogP contribution in [0.15, 0.2) is 42.5 Å². The van der Waals surface area contributed by atoms with Crippen LogP contribution >= 0.6 is 23.2 Å². The van der Waals surface area contributed by atoms with Gasteiger partial charge in [0.1, 0.15) is 5.82 Å². The van der Waals surface area contributed by atoms with Crippen LogP contribution in [0.4, 0.5) is 4.39 Å². The molecule has 0 fully saturated rings. The molecule has 0 unspecified atom stereocenters. The Morgan fingerprint density at radius 2 is 1.62 bits per heavy atom. The Hall–Kier alpha value is -2.64. The number of carbonyl (C=O) groups excluding carboxylic acids is 3. The Morgan fingerprint density at radius 1 is 0.962 bits per heavy atom. The molecule has 0 heterocycles. The number of ether oxygens (including phenoxy) is 1. The monoisotopic (exact) mass is 398 g/mol. The zero-order valence-electron chi connectivity index (χ0n) is 13.2. The van der Waals surface area contributed by atoms with Gasteiger partial charge < -0.3 is 4.74 Å². The van der Waals surface area contributed by atoms with Crippen LogP contribution in [0.2, 0.25) is 10.0 Å². The van der Waals surface area contributed by atoms with Crippen LogP contribution in [0.1, 0.15) is 15.9 Å². The summed E-state index contributed by atoms with van der Waals surface area (Å²) in [6.45, 7) is -0.640. The maximum Gasteiger partial charge on any atom is 0.310 e. The average molecular weight is 399 g/mol. The van der Waals surface area contributed by atoms with Crippen LogP contribution in [0, 0.1) is 5.82 Å². The number of hydrogen-bond donors (Lipinski definition) is 2. The van der Waals surface area contributed by atoms with Crippen molar-refractivity contribution in [3.63, 3.8) is 0 Å². The molecule has 0 aliphatic rings. The first-order valence-corrected chi connectivity index (χ1v) is 8.06. The molecule has 2 rings (SSSR count). The van der Waals surface area contributed by atoms with E-state index in [0.29, 0.717) is 15.6 Å². The summed E-state index contributed by atoms with van der Waals surface area (Å²) in [6.07, 6.45) is -0.215. The minimum Gasteiger partial charge on any atom is -0.455 e. The van der Waals surface area contributed by atoms with Crippen molar-refractivity contribution in [2.75, 3.05) is 6.61 Å². The van der Waals surface area contributed by atoms with Crippen molar-refractivity contribution >= 4 is 41.0 Å². The highest BCUT2D eigenvalue weighted by Gasteiger charge is 2.15. The van der Waals surface area contributed by atoms with E-state index in [9.17, 15) is 18.8 Å². The maximum atomic E-state index is 13.4. The number of amides is 2. The lowest BCUT2D eigenvalue weighted by Crippen LogP contribution is -2.43. The number of benzene rings is 2. The van der Waals surface area contributed by atoms with Crippen LogP contribution in [0.5, 0.6) is 0 Å². The summed E-state index contributed by atoms with van der Waals surface area (Å²) < 4.78 is 18.2. The van der Waals surface area contributed by atoms with Gasteiger partial charge in [0.2, 0.25) is 0 Å². The zero-order chi connectivity index (χ0) is 19.1. The predicted molar refractivity (Wildman–Crippen MR) is 93.1 cm³/mol. The lowest BCUT2D eigenvalue weighted by atomic mass is 10.1. The molecule has 136 valence electrons. The van der Waals surface area contributed by atoms with Gasteiger partial charge in [-0.25, -0.2) is 4.39 Å². The zero-order valence-corrected chi connectivity index (χ0v) is 14.7. The van der Waals surface area contributed by atoms with Gasteiger partial charge in [-0.1, -0.05) is 41.4 Å². The smallest absolute Gasteiger partial charge is 0.310 e. The van der Waals surface area contributed by atoms with Gasteiger partial charge in [0.25, 0.3) is 11.8 Å². The molecule has 26 heavy (non-hydrogen) atoms. The van der Waals surface area contributed by atoms with Crippen molar-refractivity contribution in [2.24, 2.45) is 0 Å². The summed E-state index contributed by atoms with van der Waals surface area (Å²) in [5.41, 5.74) is 4.18. The Kier molecular flexibility index (Phi) is 6.94. The average Bonchev–Trinajstić information content (AvgIpc) is 2.61. The molecule has 0 bridgehead atoms. The van der Waals surface area contributed by atoms with Gasteiger partial charge in [-0.2, -0.15) is 0 Å². The van der Waals surface area contributed by atoms with Gasteiger partial charge in [0.15, 0.2) is 6.61 Å². The molecule has 2 aromatic carbocycles. The summed E-state index contributed by atoms with van der Waals surface area (Å²) in [5.74, 6) is -3.10. The largest absolute Gasteiger partial charge is 0.455 e. The second-order valence-electron chi connectivity index (χ2n) is 5.02. The van der Waals surface area contributed by atoms with E-state index in [4.69, 9.17) is 27.9 Å². The molecular formula is C17H13Cl2FN2O4. The number of hydrazine groups is 1. The third-order valence-corrected chi connectivity index (χ3v) is 3.89. The normalized spacial score (nSPS) is 10.1. The van der Waals surface area contributed by atoms with E-state index in [1.54, 1.807) is 18.2 Å².